The molecule has 56 heavy (non-hydrogen) atoms. The summed E-state index contributed by atoms with van der Waals surface area (Å²) >= 11 is 0. The van der Waals surface area contributed by atoms with Crippen LogP contribution in [0, 0.1) is 0 Å². The predicted molar refractivity (Wildman–Crippen MR) is 271 cm³/mol. The Bertz CT molecular complexity index is 337. The summed E-state index contributed by atoms with van der Waals surface area (Å²) in [6, 6.07) is 0. The van der Waals surface area contributed by atoms with E-state index in [2.05, 4.69) is 111 Å². The molecular weight excluding hydrogens is 681 g/mol. The van der Waals surface area contributed by atoms with Crippen LogP contribution in [-0.4, -0.2) is 11.6 Å². The van der Waals surface area contributed by atoms with Gasteiger partial charge in [-0.25, -0.2) is 0 Å². The van der Waals surface area contributed by atoms with Crippen molar-refractivity contribution in [3.05, 3.63) is 0 Å². The molecular formula is C54H124O2. The van der Waals surface area contributed by atoms with Crippen LogP contribution in [0.2, 0.25) is 0 Å². The van der Waals surface area contributed by atoms with E-state index < -0.39 is 0 Å². The minimum absolute atomic E-state index is 0.167. The average molecular weight is 806 g/mol. The Morgan fingerprint density at radius 2 is 0.214 bits per heavy atom. The van der Waals surface area contributed by atoms with Crippen LogP contribution in [0.3, 0.4) is 0 Å². The van der Waals surface area contributed by atoms with E-state index in [1.54, 1.807) is 0 Å². The summed E-state index contributed by atoms with van der Waals surface area (Å²) in [7, 11) is 0. The molecule has 0 fully saturated rings. The summed E-state index contributed by atoms with van der Waals surface area (Å²) in [6.45, 7) is 41.8. The van der Waals surface area contributed by atoms with Crippen molar-refractivity contribution in [1.29, 1.82) is 0 Å². The van der Waals surface area contributed by atoms with Crippen LogP contribution in [0.4, 0.5) is 0 Å². The van der Waals surface area contributed by atoms with Gasteiger partial charge in [0, 0.05) is 0 Å². The third kappa shape index (κ3) is 268. The molecule has 0 unspecified atom stereocenters. The maximum absolute atomic E-state index is 9.44. The molecule has 0 saturated carbocycles. The molecule has 0 radical (unpaired) electrons. The minimum atomic E-state index is 0.167. The van der Waals surface area contributed by atoms with Crippen molar-refractivity contribution >= 4 is 11.6 Å². The van der Waals surface area contributed by atoms with Crippen molar-refractivity contribution in [2.45, 2.75) is 344 Å². The zero-order valence-corrected chi connectivity index (χ0v) is 44.4. The van der Waals surface area contributed by atoms with Crippen molar-refractivity contribution in [2.75, 3.05) is 0 Å². The quantitative estimate of drug-likeness (QED) is 0.0911. The molecule has 0 saturated heterocycles. The summed E-state index contributed by atoms with van der Waals surface area (Å²) in [5, 5.41) is 0. The SMILES string of the molecule is CC(C)=O.CC(C)=O.CCCCCC.CCCCCC.CCCCCC.CCCCCC.CCCCCC.CCCCCC.CCCCCC.CCCCCC. The summed E-state index contributed by atoms with van der Waals surface area (Å²) in [5.74, 6) is 0.333. The molecule has 352 valence electrons. The first kappa shape index (κ1) is 79.5. The Labute approximate surface area is 363 Å². The van der Waals surface area contributed by atoms with E-state index in [-0.39, 0.29) is 11.6 Å². The number of hydrogen-bond donors (Lipinski definition) is 0. The summed E-state index contributed by atoms with van der Waals surface area (Å²) in [6.07, 6.45) is 44.3. The zero-order chi connectivity index (χ0) is 45.8. The van der Waals surface area contributed by atoms with E-state index in [1.165, 1.54) is 233 Å². The third-order valence-electron chi connectivity index (χ3n) is 7.66. The van der Waals surface area contributed by atoms with E-state index >= 15 is 0 Å². The maximum atomic E-state index is 9.44. The fraction of sp³-hybridized carbons (Fsp3) is 0.963. The van der Waals surface area contributed by atoms with Crippen LogP contribution >= 0.6 is 0 Å². The van der Waals surface area contributed by atoms with Gasteiger partial charge < -0.3 is 9.59 Å². The maximum Gasteiger partial charge on any atom is 0.126 e. The molecule has 2 heteroatoms. The molecule has 0 atom stereocenters. The lowest BCUT2D eigenvalue weighted by Crippen LogP contribution is -1.69. The van der Waals surface area contributed by atoms with Gasteiger partial charge in [-0.3, -0.25) is 0 Å². The van der Waals surface area contributed by atoms with E-state index in [9.17, 15) is 9.59 Å². The number of carbonyl (C=O) groups excluding carboxylic acids is 2. The van der Waals surface area contributed by atoms with Gasteiger partial charge in [0.25, 0.3) is 0 Å². The van der Waals surface area contributed by atoms with Gasteiger partial charge in [0.15, 0.2) is 0 Å². The molecule has 0 aromatic heterocycles. The fourth-order valence-corrected chi connectivity index (χ4v) is 4.00. The molecule has 0 N–H and O–H groups in total. The number of ketones is 2. The van der Waals surface area contributed by atoms with Gasteiger partial charge in [-0.2, -0.15) is 0 Å². The Balaban J connectivity index is -0.0000000526. The largest absolute Gasteiger partial charge is 0.300 e. The lowest BCUT2D eigenvalue weighted by molar-refractivity contribution is -0.115. The second kappa shape index (κ2) is 111. The second-order valence-electron chi connectivity index (χ2n) is 15.5. The van der Waals surface area contributed by atoms with Crippen LogP contribution < -0.4 is 0 Å². The molecule has 0 aliphatic carbocycles. The van der Waals surface area contributed by atoms with E-state index in [0.717, 1.165) is 0 Å². The Morgan fingerprint density at radius 3 is 0.232 bits per heavy atom. The number of rotatable bonds is 24. The Hall–Kier alpha value is -0.660. The van der Waals surface area contributed by atoms with Crippen molar-refractivity contribution < 1.29 is 9.59 Å². The molecule has 0 aliphatic rings. The van der Waals surface area contributed by atoms with Crippen molar-refractivity contribution in [1.82, 2.24) is 0 Å². The number of hydrogen-bond acceptors (Lipinski definition) is 2. The second-order valence-corrected chi connectivity index (χ2v) is 15.5. The first-order chi connectivity index (χ1) is 26.8. The lowest BCUT2D eigenvalue weighted by Gasteiger charge is -1.86. The average Bonchev–Trinajstić information content (AvgIpc) is 3.18. The first-order valence-electron chi connectivity index (χ1n) is 25.7. The smallest absolute Gasteiger partial charge is 0.126 e. The van der Waals surface area contributed by atoms with Gasteiger partial charge in [-0.1, -0.05) is 316 Å². The van der Waals surface area contributed by atoms with Crippen LogP contribution in [0.15, 0.2) is 0 Å². The predicted octanol–water partition coefficient (Wildman–Crippen LogP) is 21.9. The molecule has 0 spiro atoms. The molecule has 0 aliphatic heterocycles. The summed E-state index contributed by atoms with van der Waals surface area (Å²) in [5.41, 5.74) is 0. The van der Waals surface area contributed by atoms with Gasteiger partial charge >= 0.3 is 0 Å². The van der Waals surface area contributed by atoms with Gasteiger partial charge in [-0.15, -0.1) is 0 Å². The monoisotopic (exact) mass is 805 g/mol. The molecule has 0 heterocycles. The van der Waals surface area contributed by atoms with Gasteiger partial charge in [0.1, 0.15) is 11.6 Å². The minimum Gasteiger partial charge on any atom is -0.300 e. The molecule has 0 bridgehead atoms. The molecule has 0 rings (SSSR count). The van der Waals surface area contributed by atoms with E-state index in [0.29, 0.717) is 0 Å². The normalized spacial score (nSPS) is 8.64. The molecule has 2 nitrogen and oxygen atoms in total. The molecule has 0 aromatic rings. The van der Waals surface area contributed by atoms with Crippen LogP contribution in [-0.2, 0) is 9.59 Å². The highest BCUT2D eigenvalue weighted by atomic mass is 16.1. The van der Waals surface area contributed by atoms with Crippen molar-refractivity contribution in [2.24, 2.45) is 0 Å². The van der Waals surface area contributed by atoms with E-state index in [4.69, 9.17) is 0 Å². The van der Waals surface area contributed by atoms with E-state index in [1.807, 2.05) is 0 Å². The number of carbonyl (C=O) groups is 2. The lowest BCUT2D eigenvalue weighted by atomic mass is 10.2. The van der Waals surface area contributed by atoms with Crippen molar-refractivity contribution in [3.8, 4) is 0 Å². The van der Waals surface area contributed by atoms with Crippen LogP contribution in [0.1, 0.15) is 344 Å². The summed E-state index contributed by atoms with van der Waals surface area (Å²) < 4.78 is 0. The molecule has 0 aromatic carbocycles. The van der Waals surface area contributed by atoms with Crippen LogP contribution in [0.25, 0.3) is 0 Å². The number of unbranched alkanes of at least 4 members (excludes halogenated alkanes) is 24. The highest BCUT2D eigenvalue weighted by molar-refractivity contribution is 5.72. The fourth-order valence-electron chi connectivity index (χ4n) is 4.00. The highest BCUT2D eigenvalue weighted by Crippen LogP contribution is 1.99. The standard InChI is InChI=1S/8C6H14.2C3H6O/c8*1-3-5-6-4-2;2*1-3(2)4/h8*3-6H2,1-2H3;2*1-2H3. The Morgan fingerprint density at radius 1 is 0.179 bits per heavy atom. The van der Waals surface area contributed by atoms with Crippen LogP contribution in [0.5, 0.6) is 0 Å². The zero-order valence-electron chi connectivity index (χ0n) is 44.4. The Kier molecular flexibility index (Phi) is 157. The highest BCUT2D eigenvalue weighted by Gasteiger charge is 1.79. The third-order valence-corrected chi connectivity index (χ3v) is 7.66. The first-order valence-corrected chi connectivity index (χ1v) is 25.7. The van der Waals surface area contributed by atoms with Gasteiger partial charge in [0.05, 0.1) is 0 Å². The summed E-state index contributed by atoms with van der Waals surface area (Å²) in [4.78, 5) is 18.9. The molecule has 0 amide bonds. The topological polar surface area (TPSA) is 34.1 Å². The number of Topliss-reactive ketones (excluding diaryl/α,β-unsaturated/α-hetero) is 2. The van der Waals surface area contributed by atoms with Gasteiger partial charge in [-0.05, 0) is 27.7 Å². The van der Waals surface area contributed by atoms with Crippen molar-refractivity contribution in [3.63, 3.8) is 0 Å². The van der Waals surface area contributed by atoms with Gasteiger partial charge in [0.2, 0.25) is 0 Å².